The van der Waals surface area contributed by atoms with Crippen LogP contribution in [0.4, 0.5) is 0 Å². The maximum Gasteiger partial charge on any atom is 0.237 e. The van der Waals surface area contributed by atoms with Gasteiger partial charge in [-0.05, 0) is 64.1 Å². The normalized spacial score (nSPS) is 11.6. The van der Waals surface area contributed by atoms with Crippen LogP contribution in [0.2, 0.25) is 0 Å². The second-order valence-electron chi connectivity index (χ2n) is 7.40. The summed E-state index contributed by atoms with van der Waals surface area (Å²) in [6.45, 7) is 7.94. The van der Waals surface area contributed by atoms with Crippen LogP contribution >= 0.6 is 0 Å². The molecule has 0 N–H and O–H groups in total. The van der Waals surface area contributed by atoms with Gasteiger partial charge in [0, 0.05) is 37.6 Å². The van der Waals surface area contributed by atoms with Crippen molar-refractivity contribution in [3.05, 3.63) is 68.0 Å². The number of hydrogen-bond donors (Lipinski definition) is 0. The molecular weight excluding hydrogens is 456 g/mol. The number of ether oxygens (including phenoxy) is 4. The summed E-state index contributed by atoms with van der Waals surface area (Å²) < 4.78 is 27.2. The molecule has 0 radical (unpaired) electrons. The van der Waals surface area contributed by atoms with Gasteiger partial charge >= 0.3 is 0 Å². The van der Waals surface area contributed by atoms with Crippen LogP contribution in [-0.2, 0) is 18.9 Å². The maximum atomic E-state index is 13.1. The minimum atomic E-state index is -1.13. The molecule has 0 aliphatic carbocycles. The van der Waals surface area contributed by atoms with E-state index in [0.717, 1.165) is 0 Å². The van der Waals surface area contributed by atoms with E-state index < -0.39 is 35.0 Å². The molecule has 35 heavy (non-hydrogen) atoms. The van der Waals surface area contributed by atoms with Gasteiger partial charge in [-0.3, -0.25) is 19.2 Å². The van der Waals surface area contributed by atoms with Crippen molar-refractivity contribution in [2.75, 3.05) is 26.4 Å². The topological polar surface area (TPSA) is 118 Å². The maximum absolute atomic E-state index is 13.1. The third kappa shape index (κ3) is 5.71. The Morgan fingerprint density at radius 3 is 1.31 bits per heavy atom. The summed E-state index contributed by atoms with van der Waals surface area (Å²) in [5.41, 5.74) is -1.23. The molecule has 3 rings (SSSR count). The predicted molar refractivity (Wildman–Crippen MR) is 129 cm³/mol. The first-order chi connectivity index (χ1) is 16.9. The molecule has 9 heteroatoms. The number of rotatable bonds is 12. The Morgan fingerprint density at radius 2 is 1.00 bits per heavy atom. The Kier molecular flexibility index (Phi) is 9.00. The lowest BCUT2D eigenvalue weighted by atomic mass is 10.1. The zero-order chi connectivity index (χ0) is 25.5. The summed E-state index contributed by atoms with van der Waals surface area (Å²) in [6, 6.07) is 8.42. The molecule has 0 aliphatic heterocycles. The number of ketones is 2. The highest BCUT2D eigenvalue weighted by atomic mass is 16.7. The molecule has 1 heterocycles. The number of fused-ring (bicyclic) bond motifs is 2. The first-order valence-corrected chi connectivity index (χ1v) is 11.5. The van der Waals surface area contributed by atoms with E-state index in [2.05, 4.69) is 0 Å². The molecule has 0 bridgehead atoms. The van der Waals surface area contributed by atoms with Gasteiger partial charge < -0.3 is 23.4 Å². The molecule has 0 aliphatic rings. The van der Waals surface area contributed by atoms with Crippen molar-refractivity contribution < 1.29 is 33.0 Å². The Bertz CT molecular complexity index is 1230. The first kappa shape index (κ1) is 26.4. The average molecular weight is 485 g/mol. The largest absolute Gasteiger partial charge is 0.456 e. The Balaban J connectivity index is 2.14. The molecule has 9 nitrogen and oxygen atoms in total. The summed E-state index contributed by atoms with van der Waals surface area (Å²) >= 11 is 0. The fourth-order valence-corrected chi connectivity index (χ4v) is 3.54. The number of Topliss-reactive ketones (excluding diaryl/α,β-unsaturated/α-hetero) is 2. The van der Waals surface area contributed by atoms with Gasteiger partial charge in [0.2, 0.25) is 35.0 Å². The van der Waals surface area contributed by atoms with Gasteiger partial charge in [-0.2, -0.15) is 0 Å². The summed E-state index contributed by atoms with van der Waals surface area (Å²) in [5.74, 6) is -0.964. The second-order valence-corrected chi connectivity index (χ2v) is 7.40. The molecular formula is C26H28O9. The monoisotopic (exact) mass is 484 g/mol. The van der Waals surface area contributed by atoms with Crippen LogP contribution in [0.25, 0.3) is 21.9 Å². The molecule has 0 atom stereocenters. The van der Waals surface area contributed by atoms with Crippen LogP contribution in [-0.4, -0.2) is 50.6 Å². The second kappa shape index (κ2) is 11.9. The van der Waals surface area contributed by atoms with E-state index in [-0.39, 0.29) is 59.5 Å². The van der Waals surface area contributed by atoms with Crippen LogP contribution in [0, 0.1) is 0 Å². The molecule has 0 spiro atoms. The van der Waals surface area contributed by atoms with Crippen LogP contribution in [0.3, 0.4) is 0 Å². The number of benzene rings is 2. The Morgan fingerprint density at radius 1 is 0.657 bits per heavy atom. The number of carbonyl (C=O) groups is 2. The molecule has 0 amide bonds. The third-order valence-electron chi connectivity index (χ3n) is 5.14. The van der Waals surface area contributed by atoms with Gasteiger partial charge in [0.25, 0.3) is 0 Å². The standard InChI is InChI=1S/C26H28O9/c1-5-31-25(32-6-2)21(27)15-9-11-19-17(13-15)23(29)24(30)18-14-16(10-12-20(18)35-19)22(28)26(33-7-3)34-8-4/h9-14,25-26H,5-8H2,1-4H3. The third-order valence-corrected chi connectivity index (χ3v) is 5.14. The predicted octanol–water partition coefficient (Wildman–Crippen LogP) is 3.47. The highest BCUT2D eigenvalue weighted by molar-refractivity contribution is 6.03. The summed E-state index contributed by atoms with van der Waals surface area (Å²) in [7, 11) is 0. The molecule has 186 valence electrons. The van der Waals surface area contributed by atoms with Gasteiger partial charge in [0.05, 0.1) is 10.8 Å². The molecule has 1 aromatic heterocycles. The van der Waals surface area contributed by atoms with Gasteiger partial charge in [0.1, 0.15) is 11.2 Å². The molecule has 2 aromatic carbocycles. The lowest BCUT2D eigenvalue weighted by molar-refractivity contribution is -0.107. The van der Waals surface area contributed by atoms with E-state index in [0.29, 0.717) is 0 Å². The molecule has 0 unspecified atom stereocenters. The van der Waals surface area contributed by atoms with Gasteiger partial charge in [-0.15, -0.1) is 0 Å². The summed E-state index contributed by atoms with van der Waals surface area (Å²) in [6.07, 6.45) is -2.26. The zero-order valence-corrected chi connectivity index (χ0v) is 20.1. The van der Waals surface area contributed by atoms with Crippen molar-refractivity contribution in [2.24, 2.45) is 0 Å². The van der Waals surface area contributed by atoms with E-state index in [4.69, 9.17) is 23.4 Å². The lowest BCUT2D eigenvalue weighted by Gasteiger charge is -2.15. The van der Waals surface area contributed by atoms with E-state index in [9.17, 15) is 19.2 Å². The molecule has 3 aromatic rings. The van der Waals surface area contributed by atoms with Crippen LogP contribution < -0.4 is 10.9 Å². The number of carbonyl (C=O) groups excluding carboxylic acids is 2. The van der Waals surface area contributed by atoms with Gasteiger partial charge in [0.15, 0.2) is 0 Å². The quantitative estimate of drug-likeness (QED) is 0.216. The van der Waals surface area contributed by atoms with Crippen molar-refractivity contribution in [1.82, 2.24) is 0 Å². The van der Waals surface area contributed by atoms with Crippen molar-refractivity contribution in [3.63, 3.8) is 0 Å². The van der Waals surface area contributed by atoms with Crippen molar-refractivity contribution in [2.45, 2.75) is 40.3 Å². The lowest BCUT2D eigenvalue weighted by Crippen LogP contribution is -2.28. The van der Waals surface area contributed by atoms with Gasteiger partial charge in [-0.25, -0.2) is 0 Å². The van der Waals surface area contributed by atoms with E-state index >= 15 is 0 Å². The first-order valence-electron chi connectivity index (χ1n) is 11.5. The van der Waals surface area contributed by atoms with Gasteiger partial charge in [-0.1, -0.05) is 0 Å². The summed E-state index contributed by atoms with van der Waals surface area (Å²) in [5, 5.41) is -0.142. The van der Waals surface area contributed by atoms with Crippen molar-refractivity contribution in [1.29, 1.82) is 0 Å². The zero-order valence-electron chi connectivity index (χ0n) is 20.1. The smallest absolute Gasteiger partial charge is 0.237 e. The minimum absolute atomic E-state index is 0.0711. The van der Waals surface area contributed by atoms with Crippen LogP contribution in [0.15, 0.2) is 50.4 Å². The fourth-order valence-electron chi connectivity index (χ4n) is 3.54. The minimum Gasteiger partial charge on any atom is -0.456 e. The molecule has 0 fully saturated rings. The van der Waals surface area contributed by atoms with E-state index in [1.807, 2.05) is 0 Å². The molecule has 0 saturated carbocycles. The Hall–Kier alpha value is -3.24. The average Bonchev–Trinajstić information content (AvgIpc) is 2.96. The van der Waals surface area contributed by atoms with E-state index in [1.165, 1.54) is 36.4 Å². The van der Waals surface area contributed by atoms with E-state index in [1.54, 1.807) is 27.7 Å². The fraction of sp³-hybridized carbons (Fsp3) is 0.385. The highest BCUT2D eigenvalue weighted by Crippen LogP contribution is 2.20. The van der Waals surface area contributed by atoms with Crippen LogP contribution in [0.1, 0.15) is 48.4 Å². The SMILES string of the molecule is CCOC(OCC)C(=O)c1ccc2oc3ccc(C(=O)C(OCC)OCC)cc3c(=O)c(=O)c2c1. The summed E-state index contributed by atoms with van der Waals surface area (Å²) in [4.78, 5) is 51.8. The Labute approximate surface area is 201 Å². The van der Waals surface area contributed by atoms with Crippen LogP contribution in [0.5, 0.6) is 0 Å². The highest BCUT2D eigenvalue weighted by Gasteiger charge is 2.23. The van der Waals surface area contributed by atoms with Crippen molar-refractivity contribution >= 4 is 33.5 Å². The molecule has 0 saturated heterocycles. The van der Waals surface area contributed by atoms with Crippen molar-refractivity contribution in [3.8, 4) is 0 Å². The number of hydrogen-bond acceptors (Lipinski definition) is 9.